The summed E-state index contributed by atoms with van der Waals surface area (Å²) in [7, 11) is -3.68. The second kappa shape index (κ2) is 8.48. The molecule has 0 spiro atoms. The normalized spacial score (nSPS) is 15.3. The molecule has 1 aliphatic rings. The van der Waals surface area contributed by atoms with Crippen molar-refractivity contribution in [1.82, 2.24) is 9.80 Å². The Morgan fingerprint density at radius 2 is 1.72 bits per heavy atom. The number of rotatable bonds is 5. The Labute approximate surface area is 173 Å². The van der Waals surface area contributed by atoms with Crippen LogP contribution in [0, 0.1) is 10.1 Å². The molecule has 0 saturated carbocycles. The number of hydrogen-bond donors (Lipinski definition) is 0. The highest BCUT2D eigenvalue weighted by Gasteiger charge is 2.25. The lowest BCUT2D eigenvalue weighted by atomic mass is 10.1. The van der Waals surface area contributed by atoms with E-state index in [4.69, 9.17) is 11.6 Å². The lowest BCUT2D eigenvalue weighted by Crippen LogP contribution is -2.48. The maximum Gasteiger partial charge on any atom is 0.271 e. The molecule has 1 heterocycles. The number of non-ortho nitro benzene ring substituents is 1. The summed E-state index contributed by atoms with van der Waals surface area (Å²) in [4.78, 5) is 26.8. The maximum atomic E-state index is 12.8. The number of carbonyl (C=O) groups excluding carboxylic acids is 1. The quantitative estimate of drug-likeness (QED) is 0.526. The van der Waals surface area contributed by atoms with E-state index >= 15 is 0 Å². The predicted molar refractivity (Wildman–Crippen MR) is 109 cm³/mol. The molecule has 154 valence electrons. The van der Waals surface area contributed by atoms with Crippen molar-refractivity contribution < 1.29 is 18.1 Å². The molecular formula is C19H20ClN3O5S. The summed E-state index contributed by atoms with van der Waals surface area (Å²) in [5.41, 5.74) is 0.703. The molecule has 0 atom stereocenters. The minimum Gasteiger partial charge on any atom is -0.336 e. The highest BCUT2D eigenvalue weighted by molar-refractivity contribution is 7.90. The van der Waals surface area contributed by atoms with Crippen molar-refractivity contribution in [3.05, 3.63) is 68.7 Å². The second-order valence-electron chi connectivity index (χ2n) is 6.94. The van der Waals surface area contributed by atoms with Gasteiger partial charge >= 0.3 is 0 Å². The molecule has 1 amide bonds. The molecule has 1 saturated heterocycles. The zero-order valence-electron chi connectivity index (χ0n) is 15.7. The third-order valence-electron chi connectivity index (χ3n) is 4.76. The minimum absolute atomic E-state index is 0.00535. The van der Waals surface area contributed by atoms with Crippen LogP contribution in [0.4, 0.5) is 5.69 Å². The van der Waals surface area contributed by atoms with Crippen molar-refractivity contribution in [2.45, 2.75) is 11.4 Å². The molecule has 1 fully saturated rings. The van der Waals surface area contributed by atoms with Gasteiger partial charge in [-0.3, -0.25) is 19.8 Å². The number of nitro groups is 1. The molecule has 10 heteroatoms. The molecule has 8 nitrogen and oxygen atoms in total. The highest BCUT2D eigenvalue weighted by Crippen LogP contribution is 2.22. The third-order valence-corrected chi connectivity index (χ3v) is 6.10. The van der Waals surface area contributed by atoms with Crippen molar-refractivity contribution >= 4 is 33.0 Å². The van der Waals surface area contributed by atoms with E-state index in [0.717, 1.165) is 30.5 Å². The van der Waals surface area contributed by atoms with E-state index in [1.807, 2.05) is 24.3 Å². The van der Waals surface area contributed by atoms with Crippen LogP contribution in [-0.2, 0) is 16.4 Å². The number of benzene rings is 2. The van der Waals surface area contributed by atoms with E-state index in [1.165, 1.54) is 6.07 Å². The Bertz CT molecular complexity index is 1030. The first-order valence-electron chi connectivity index (χ1n) is 8.89. The van der Waals surface area contributed by atoms with Gasteiger partial charge in [0.1, 0.15) is 0 Å². The number of amides is 1. The van der Waals surface area contributed by atoms with Crippen LogP contribution >= 0.6 is 11.6 Å². The van der Waals surface area contributed by atoms with Gasteiger partial charge in [0.25, 0.3) is 11.6 Å². The topological polar surface area (TPSA) is 101 Å². The Balaban J connectivity index is 1.71. The van der Waals surface area contributed by atoms with Crippen LogP contribution in [0.5, 0.6) is 0 Å². The van der Waals surface area contributed by atoms with E-state index in [2.05, 4.69) is 4.90 Å². The molecule has 3 rings (SSSR count). The monoisotopic (exact) mass is 437 g/mol. The molecule has 1 aliphatic heterocycles. The van der Waals surface area contributed by atoms with Crippen molar-refractivity contribution in [3.63, 3.8) is 0 Å². The van der Waals surface area contributed by atoms with Crippen LogP contribution in [0.3, 0.4) is 0 Å². The minimum atomic E-state index is -3.68. The van der Waals surface area contributed by atoms with E-state index in [9.17, 15) is 23.3 Å². The summed E-state index contributed by atoms with van der Waals surface area (Å²) in [6.07, 6.45) is 0.954. The van der Waals surface area contributed by atoms with Crippen LogP contribution < -0.4 is 0 Å². The lowest BCUT2D eigenvalue weighted by molar-refractivity contribution is -0.385. The van der Waals surface area contributed by atoms with Crippen molar-refractivity contribution in [2.24, 2.45) is 0 Å². The Kier molecular flexibility index (Phi) is 6.21. The van der Waals surface area contributed by atoms with Crippen molar-refractivity contribution in [2.75, 3.05) is 32.4 Å². The summed E-state index contributed by atoms with van der Waals surface area (Å²) >= 11 is 5.90. The second-order valence-corrected chi connectivity index (χ2v) is 9.39. The summed E-state index contributed by atoms with van der Waals surface area (Å²) < 4.78 is 23.7. The van der Waals surface area contributed by atoms with Gasteiger partial charge in [0, 0.05) is 61.7 Å². The average Bonchev–Trinajstić information content (AvgIpc) is 2.68. The summed E-state index contributed by atoms with van der Waals surface area (Å²) in [5.74, 6) is -0.412. The predicted octanol–water partition coefficient (Wildman–Crippen LogP) is 2.61. The number of nitro benzene ring substituents is 1. The molecule has 0 unspecified atom stereocenters. The van der Waals surface area contributed by atoms with Gasteiger partial charge in [0.2, 0.25) is 0 Å². The number of sulfone groups is 1. The molecular weight excluding hydrogens is 418 g/mol. The SMILES string of the molecule is CS(=O)(=O)c1cc(C(=O)N2CCN(Cc3ccc(Cl)cc3)CC2)cc([N+](=O)[O-])c1. The van der Waals surface area contributed by atoms with Gasteiger partial charge < -0.3 is 4.90 Å². The van der Waals surface area contributed by atoms with Crippen LogP contribution in [-0.4, -0.2) is 61.5 Å². The van der Waals surface area contributed by atoms with Crippen molar-refractivity contribution in [1.29, 1.82) is 0 Å². The first kappa shape index (κ1) is 21.2. The molecule has 0 radical (unpaired) electrons. The van der Waals surface area contributed by atoms with Crippen LogP contribution in [0.15, 0.2) is 47.4 Å². The molecule has 0 N–H and O–H groups in total. The van der Waals surface area contributed by atoms with Gasteiger partial charge in [-0.1, -0.05) is 23.7 Å². The Hall–Kier alpha value is -2.49. The van der Waals surface area contributed by atoms with Crippen LogP contribution in [0.1, 0.15) is 15.9 Å². The van der Waals surface area contributed by atoms with Gasteiger partial charge in [0.15, 0.2) is 9.84 Å². The molecule has 2 aromatic rings. The first-order chi connectivity index (χ1) is 13.6. The standard InChI is InChI=1S/C19H20ClN3O5S/c1-29(27,28)18-11-15(10-17(12-18)23(25)26)19(24)22-8-6-21(7-9-22)13-14-2-4-16(20)5-3-14/h2-5,10-12H,6-9,13H2,1H3. The van der Waals surface area contributed by atoms with Crippen molar-refractivity contribution in [3.8, 4) is 0 Å². The molecule has 2 aromatic carbocycles. The van der Waals surface area contributed by atoms with E-state index in [1.54, 1.807) is 4.90 Å². The fraction of sp³-hybridized carbons (Fsp3) is 0.316. The highest BCUT2D eigenvalue weighted by atomic mass is 35.5. The van der Waals surface area contributed by atoms with E-state index in [0.29, 0.717) is 31.2 Å². The molecule has 0 aromatic heterocycles. The number of carbonyl (C=O) groups is 1. The average molecular weight is 438 g/mol. The van der Waals surface area contributed by atoms with Gasteiger partial charge in [-0.05, 0) is 23.8 Å². The number of nitrogens with zero attached hydrogens (tertiary/aromatic N) is 3. The fourth-order valence-corrected chi connectivity index (χ4v) is 3.97. The third kappa shape index (κ3) is 5.31. The molecule has 0 bridgehead atoms. The van der Waals surface area contributed by atoms with E-state index in [-0.39, 0.29) is 10.5 Å². The van der Waals surface area contributed by atoms with Gasteiger partial charge in [-0.25, -0.2) is 8.42 Å². The first-order valence-corrected chi connectivity index (χ1v) is 11.2. The smallest absolute Gasteiger partial charge is 0.271 e. The number of piperazine rings is 1. The fourth-order valence-electron chi connectivity index (χ4n) is 3.17. The Morgan fingerprint density at radius 1 is 1.10 bits per heavy atom. The summed E-state index contributed by atoms with van der Waals surface area (Å²) in [6.45, 7) is 2.91. The zero-order chi connectivity index (χ0) is 21.2. The van der Waals surface area contributed by atoms with Crippen LogP contribution in [0.2, 0.25) is 5.02 Å². The molecule has 0 aliphatic carbocycles. The van der Waals surface area contributed by atoms with E-state index < -0.39 is 26.4 Å². The number of halogens is 1. The van der Waals surface area contributed by atoms with Gasteiger partial charge in [-0.2, -0.15) is 0 Å². The molecule has 29 heavy (non-hydrogen) atoms. The zero-order valence-corrected chi connectivity index (χ0v) is 17.3. The Morgan fingerprint density at radius 3 is 2.28 bits per heavy atom. The largest absolute Gasteiger partial charge is 0.336 e. The maximum absolute atomic E-state index is 12.8. The number of hydrogen-bond acceptors (Lipinski definition) is 6. The van der Waals surface area contributed by atoms with Crippen LogP contribution in [0.25, 0.3) is 0 Å². The summed E-state index contributed by atoms with van der Waals surface area (Å²) in [6, 6.07) is 10.9. The van der Waals surface area contributed by atoms with Gasteiger partial charge in [-0.15, -0.1) is 0 Å². The summed E-state index contributed by atoms with van der Waals surface area (Å²) in [5, 5.41) is 11.8. The van der Waals surface area contributed by atoms with Gasteiger partial charge in [0.05, 0.1) is 9.82 Å². The lowest BCUT2D eigenvalue weighted by Gasteiger charge is -2.34.